The van der Waals surface area contributed by atoms with Gasteiger partial charge in [0.2, 0.25) is 11.8 Å². The quantitative estimate of drug-likeness (QED) is 0.0324. The summed E-state index contributed by atoms with van der Waals surface area (Å²) in [6, 6.07) is 7.11. The molecule has 0 aromatic heterocycles. The number of aliphatic hydroxyl groups excluding tert-OH is 1. The molecule has 1 saturated heterocycles. The van der Waals surface area contributed by atoms with Crippen molar-refractivity contribution in [2.45, 2.75) is 207 Å². The number of rotatable bonds is 27. The lowest BCUT2D eigenvalue weighted by Crippen LogP contribution is -2.54. The molecule has 3 rings (SSSR count). The van der Waals surface area contributed by atoms with Crippen molar-refractivity contribution in [3.8, 4) is 0 Å². The lowest BCUT2D eigenvalue weighted by molar-refractivity contribution is -0.198. The molecule has 65 heavy (non-hydrogen) atoms. The van der Waals surface area contributed by atoms with Gasteiger partial charge in [-0.3, -0.25) is 14.4 Å². The number of hydrogen-bond donors (Lipinski definition) is 5. The minimum absolute atomic E-state index is 0.0641. The molecular formula is C50H84N4O11. The van der Waals surface area contributed by atoms with Crippen molar-refractivity contribution in [1.29, 1.82) is 0 Å². The van der Waals surface area contributed by atoms with E-state index in [2.05, 4.69) is 21.3 Å². The lowest BCUT2D eigenvalue weighted by Gasteiger charge is -2.37. The first kappa shape index (κ1) is 55.4. The van der Waals surface area contributed by atoms with Crippen LogP contribution in [0.1, 0.15) is 164 Å². The van der Waals surface area contributed by atoms with E-state index >= 15 is 0 Å². The fraction of sp³-hybridized carbons (Fsp3) is 0.780. The van der Waals surface area contributed by atoms with Gasteiger partial charge in [0, 0.05) is 19.1 Å². The average Bonchev–Trinajstić information content (AvgIpc) is 3.24. The van der Waals surface area contributed by atoms with Crippen LogP contribution in [0.2, 0.25) is 0 Å². The Morgan fingerprint density at radius 2 is 1.48 bits per heavy atom. The first-order valence-electron chi connectivity index (χ1n) is 24.6. The Kier molecular flexibility index (Phi) is 25.3. The molecule has 7 atom stereocenters. The van der Waals surface area contributed by atoms with Crippen LogP contribution in [0.25, 0.3) is 0 Å². The van der Waals surface area contributed by atoms with Gasteiger partial charge in [-0.25, -0.2) is 9.59 Å². The van der Waals surface area contributed by atoms with Gasteiger partial charge in [0.1, 0.15) is 18.2 Å². The zero-order chi connectivity index (χ0) is 47.8. The highest BCUT2D eigenvalue weighted by atomic mass is 16.7. The Bertz CT molecular complexity index is 1540. The summed E-state index contributed by atoms with van der Waals surface area (Å²) >= 11 is 0. The van der Waals surface area contributed by atoms with Gasteiger partial charge in [-0.2, -0.15) is 0 Å². The molecule has 4 amide bonds. The smallest absolute Gasteiger partial charge is 0.407 e. The summed E-state index contributed by atoms with van der Waals surface area (Å²) in [5.41, 5.74) is 0.147. The highest BCUT2D eigenvalue weighted by Gasteiger charge is 2.37. The van der Waals surface area contributed by atoms with Gasteiger partial charge in [0.05, 0.1) is 37.3 Å². The van der Waals surface area contributed by atoms with Crippen molar-refractivity contribution in [1.82, 2.24) is 21.3 Å². The number of aliphatic hydroxyl groups is 1. The van der Waals surface area contributed by atoms with E-state index in [9.17, 15) is 29.1 Å². The highest BCUT2D eigenvalue weighted by Crippen LogP contribution is 2.32. The van der Waals surface area contributed by atoms with Gasteiger partial charge in [-0.1, -0.05) is 90.1 Å². The topological polar surface area (TPSA) is 200 Å². The number of carbonyl (C=O) groups excluding carboxylic acids is 5. The molecule has 1 aromatic rings. The summed E-state index contributed by atoms with van der Waals surface area (Å²) in [6.07, 6.45) is 7.34. The molecule has 0 radical (unpaired) electrons. The molecular weight excluding hydrogens is 833 g/mol. The van der Waals surface area contributed by atoms with Crippen LogP contribution in [-0.2, 0) is 44.7 Å². The molecule has 1 heterocycles. The minimum atomic E-state index is -1.21. The molecule has 370 valence electrons. The van der Waals surface area contributed by atoms with E-state index in [0.717, 1.165) is 44.1 Å². The number of benzene rings is 1. The van der Waals surface area contributed by atoms with E-state index < -0.39 is 72.2 Å². The van der Waals surface area contributed by atoms with Crippen LogP contribution in [0.3, 0.4) is 0 Å². The second-order valence-corrected chi connectivity index (χ2v) is 19.9. The van der Waals surface area contributed by atoms with E-state index in [1.807, 2.05) is 78.8 Å². The van der Waals surface area contributed by atoms with Crippen molar-refractivity contribution in [2.75, 3.05) is 19.8 Å². The molecule has 0 spiro atoms. The molecule has 1 aromatic carbocycles. The van der Waals surface area contributed by atoms with Crippen LogP contribution in [0.4, 0.5) is 9.59 Å². The fourth-order valence-electron chi connectivity index (χ4n) is 8.67. The molecule has 2 fully saturated rings. The maximum Gasteiger partial charge on any atom is 0.407 e. The van der Waals surface area contributed by atoms with Gasteiger partial charge in [0.15, 0.2) is 6.29 Å². The third-order valence-corrected chi connectivity index (χ3v) is 11.8. The Labute approximate surface area is 389 Å². The maximum atomic E-state index is 14.8. The van der Waals surface area contributed by atoms with Crippen molar-refractivity contribution >= 4 is 30.0 Å². The third-order valence-electron chi connectivity index (χ3n) is 11.8. The van der Waals surface area contributed by atoms with Crippen molar-refractivity contribution < 1.29 is 52.8 Å². The number of ether oxygens (including phenoxy) is 5. The molecule has 15 nitrogen and oxygen atoms in total. The zero-order valence-corrected chi connectivity index (χ0v) is 40.8. The Morgan fingerprint density at radius 1 is 0.785 bits per heavy atom. The number of hydrogen-bond acceptors (Lipinski definition) is 11. The first-order valence-corrected chi connectivity index (χ1v) is 24.6. The molecule has 2 aliphatic rings. The number of carbonyl (C=O) groups is 5. The van der Waals surface area contributed by atoms with Crippen LogP contribution < -0.4 is 21.3 Å². The minimum Gasteiger partial charge on any atom is -0.466 e. The van der Waals surface area contributed by atoms with Crippen molar-refractivity contribution in [2.24, 2.45) is 23.7 Å². The van der Waals surface area contributed by atoms with Crippen LogP contribution in [0.5, 0.6) is 0 Å². The van der Waals surface area contributed by atoms with E-state index in [4.69, 9.17) is 23.7 Å². The maximum absolute atomic E-state index is 14.8. The number of alkyl carbamates (subject to hydrolysis) is 2. The van der Waals surface area contributed by atoms with E-state index in [-0.39, 0.29) is 56.8 Å². The van der Waals surface area contributed by atoms with Gasteiger partial charge >= 0.3 is 18.2 Å². The van der Waals surface area contributed by atoms with Crippen LogP contribution in [-0.4, -0.2) is 97.1 Å². The monoisotopic (exact) mass is 917 g/mol. The second kappa shape index (κ2) is 29.6. The predicted molar refractivity (Wildman–Crippen MR) is 249 cm³/mol. The van der Waals surface area contributed by atoms with Gasteiger partial charge in [-0.15, -0.1) is 0 Å². The van der Waals surface area contributed by atoms with Crippen molar-refractivity contribution in [3.63, 3.8) is 0 Å². The summed E-state index contributed by atoms with van der Waals surface area (Å²) < 4.78 is 29.1. The number of nitrogens with one attached hydrogen (secondary N) is 4. The summed E-state index contributed by atoms with van der Waals surface area (Å²) in [6.45, 7) is 16.3. The van der Waals surface area contributed by atoms with E-state index in [1.54, 1.807) is 6.92 Å². The van der Waals surface area contributed by atoms with Crippen LogP contribution in [0.15, 0.2) is 30.3 Å². The molecule has 1 aliphatic heterocycles. The number of unbranched alkanes of at least 4 members (excludes halogenated alkanes) is 1. The normalized spacial score (nSPS) is 18.7. The van der Waals surface area contributed by atoms with Crippen LogP contribution >= 0.6 is 0 Å². The molecule has 15 heteroatoms. The van der Waals surface area contributed by atoms with Gasteiger partial charge in [0.25, 0.3) is 0 Å². The van der Waals surface area contributed by atoms with Gasteiger partial charge < -0.3 is 50.1 Å². The number of amides is 4. The largest absolute Gasteiger partial charge is 0.466 e. The zero-order valence-electron chi connectivity index (χ0n) is 40.8. The number of esters is 1. The molecule has 1 saturated carbocycles. The second-order valence-electron chi connectivity index (χ2n) is 19.9. The highest BCUT2D eigenvalue weighted by molar-refractivity contribution is 5.88. The summed E-state index contributed by atoms with van der Waals surface area (Å²) in [7, 11) is 0. The molecule has 0 bridgehead atoms. The Morgan fingerprint density at radius 3 is 2.11 bits per heavy atom. The summed E-state index contributed by atoms with van der Waals surface area (Å²) in [5.74, 6) is -1.48. The predicted octanol–water partition coefficient (Wildman–Crippen LogP) is 8.24. The van der Waals surface area contributed by atoms with Crippen LogP contribution in [0, 0.1) is 23.7 Å². The first-order chi connectivity index (χ1) is 30.9. The van der Waals surface area contributed by atoms with Crippen molar-refractivity contribution in [3.05, 3.63) is 35.9 Å². The third kappa shape index (κ3) is 23.4. The Balaban J connectivity index is 1.88. The molecule has 5 N–H and O–H groups in total. The molecule has 1 unspecified atom stereocenters. The van der Waals surface area contributed by atoms with E-state index in [1.165, 1.54) is 6.42 Å². The standard InChI is InChI=1S/C50H84N4O11/c1-9-61-44(56)32-42(55)40(29-35(4)5)53-47(58)39(24-16-18-26-51-48(59)63-33-37-22-14-11-15-23-37)52-46(57)38(28-34(2)3)31-43(64-45-25-17-19-27-62-45)41(30-36-20-12-10-13-21-36)54-49(60)65-50(6,7)8/h11,14-15,22-23,34-36,38-43,45,55H,9-10,12-13,16-21,24-33H2,1-8H3,(H,51,59)(H,52,57)(H,53,58)(H,54,60)/t38-,39+,40+,41+,42+,43+,45?/m1/s1. The van der Waals surface area contributed by atoms with Gasteiger partial charge in [-0.05, 0) is 115 Å². The van der Waals surface area contributed by atoms with E-state index in [0.29, 0.717) is 51.0 Å². The Hall–Kier alpha value is -3.95. The summed E-state index contributed by atoms with van der Waals surface area (Å²) in [4.78, 5) is 67.4. The molecule has 1 aliphatic carbocycles. The lowest BCUT2D eigenvalue weighted by atomic mass is 9.81. The fourth-order valence-corrected chi connectivity index (χ4v) is 8.67. The SMILES string of the molecule is CCOC(=O)C[C@H](O)[C@H](CC(C)C)NC(=O)[C@H](CCCCNC(=O)OCc1ccccc1)NC(=O)[C@H](CC(C)C)C[C@H](OC1CCCCO1)[C@H](CC1CCCCC1)NC(=O)OC(C)(C)C. The average molecular weight is 917 g/mol. The summed E-state index contributed by atoms with van der Waals surface area (Å²) in [5, 5.41) is 23.2.